The zero-order valence-electron chi connectivity index (χ0n) is 13.3. The van der Waals surface area contributed by atoms with Gasteiger partial charge in [-0.1, -0.05) is 48.5 Å². The van der Waals surface area contributed by atoms with Crippen molar-refractivity contribution < 1.29 is 14.6 Å². The Hall–Kier alpha value is -2.13. The second kappa shape index (κ2) is 4.96. The third-order valence-corrected chi connectivity index (χ3v) is 4.00. The molecule has 1 aliphatic carbocycles. The summed E-state index contributed by atoms with van der Waals surface area (Å²) in [7, 11) is 0. The molecule has 0 aliphatic heterocycles. The van der Waals surface area contributed by atoms with Gasteiger partial charge in [0.15, 0.2) is 0 Å². The van der Waals surface area contributed by atoms with Crippen LogP contribution in [0.1, 0.15) is 38.8 Å². The van der Waals surface area contributed by atoms with Crippen LogP contribution in [0, 0.1) is 0 Å². The number of carbonyl (C=O) groups excluding carboxylic acids is 1. The predicted molar refractivity (Wildman–Crippen MR) is 85.3 cm³/mol. The van der Waals surface area contributed by atoms with E-state index in [1.54, 1.807) is 0 Å². The molecular formula is C19H20O3. The van der Waals surface area contributed by atoms with Gasteiger partial charge >= 0.3 is 5.97 Å². The van der Waals surface area contributed by atoms with Crippen molar-refractivity contribution in [2.45, 2.75) is 38.7 Å². The first-order chi connectivity index (χ1) is 10.3. The second-order valence-electron chi connectivity index (χ2n) is 6.78. The maximum atomic E-state index is 12.8. The Morgan fingerprint density at radius 1 is 0.909 bits per heavy atom. The topological polar surface area (TPSA) is 35.5 Å². The first kappa shape index (κ1) is 14.8. The van der Waals surface area contributed by atoms with Gasteiger partial charge in [-0.15, -0.1) is 0 Å². The zero-order valence-corrected chi connectivity index (χ0v) is 13.3. The quantitative estimate of drug-likeness (QED) is 0.614. The Morgan fingerprint density at radius 3 is 1.82 bits per heavy atom. The van der Waals surface area contributed by atoms with Crippen LogP contribution >= 0.6 is 0 Å². The molecule has 3 rings (SSSR count). The smallest absolute Gasteiger partial charge is 0.296 e. The number of fused-ring (bicyclic) bond motifs is 3. The van der Waals surface area contributed by atoms with Crippen molar-refractivity contribution in [2.75, 3.05) is 0 Å². The third kappa shape index (κ3) is 2.22. The van der Waals surface area contributed by atoms with Gasteiger partial charge in [0.25, 0.3) is 0 Å². The van der Waals surface area contributed by atoms with Gasteiger partial charge < -0.3 is 0 Å². The molecule has 1 aliphatic rings. The van der Waals surface area contributed by atoms with Crippen molar-refractivity contribution in [1.82, 2.24) is 0 Å². The van der Waals surface area contributed by atoms with Gasteiger partial charge in [0, 0.05) is 0 Å². The van der Waals surface area contributed by atoms with E-state index < -0.39 is 11.0 Å². The summed E-state index contributed by atoms with van der Waals surface area (Å²) in [4.78, 5) is 23.2. The minimum Gasteiger partial charge on any atom is -0.296 e. The Labute approximate surface area is 130 Å². The number of rotatable bonds is 2. The van der Waals surface area contributed by atoms with Crippen LogP contribution in [-0.2, 0) is 20.0 Å². The molecule has 22 heavy (non-hydrogen) atoms. The van der Waals surface area contributed by atoms with Crippen LogP contribution < -0.4 is 0 Å². The first-order valence-corrected chi connectivity index (χ1v) is 7.43. The molecule has 0 heterocycles. The van der Waals surface area contributed by atoms with E-state index in [-0.39, 0.29) is 5.97 Å². The van der Waals surface area contributed by atoms with Crippen LogP contribution in [0.5, 0.6) is 0 Å². The summed E-state index contributed by atoms with van der Waals surface area (Å²) in [6.45, 7) is 7.43. The molecule has 0 atom stereocenters. The zero-order chi connectivity index (χ0) is 16.0. The molecule has 3 nitrogen and oxygen atoms in total. The van der Waals surface area contributed by atoms with Crippen LogP contribution in [0.25, 0.3) is 11.1 Å². The summed E-state index contributed by atoms with van der Waals surface area (Å²) in [5.74, 6) is -0.389. The number of carbonyl (C=O) groups is 1. The minimum absolute atomic E-state index is 0.389. The highest BCUT2D eigenvalue weighted by Gasteiger charge is 2.47. The van der Waals surface area contributed by atoms with Crippen molar-refractivity contribution >= 4 is 5.97 Å². The molecule has 0 N–H and O–H groups in total. The fraction of sp³-hybridized carbons (Fsp3) is 0.316. The molecule has 2 aromatic carbocycles. The van der Waals surface area contributed by atoms with E-state index in [9.17, 15) is 4.79 Å². The standard InChI is InChI=1S/C19H20O3/c1-18(2,3)22-21-17(20)19(4)15-11-7-5-9-13(15)14-10-6-8-12-16(14)19/h5-12H,1-4H3. The molecule has 0 saturated heterocycles. The average Bonchev–Trinajstić information content (AvgIpc) is 2.76. The van der Waals surface area contributed by atoms with Gasteiger partial charge in [0.05, 0.1) is 0 Å². The minimum atomic E-state index is -0.849. The molecule has 0 bridgehead atoms. The van der Waals surface area contributed by atoms with E-state index in [1.807, 2.05) is 76.2 Å². The molecule has 3 heteroatoms. The second-order valence-corrected chi connectivity index (χ2v) is 6.78. The van der Waals surface area contributed by atoms with Crippen molar-refractivity contribution in [2.24, 2.45) is 0 Å². The molecule has 2 aromatic rings. The lowest BCUT2D eigenvalue weighted by molar-refractivity contribution is -0.323. The van der Waals surface area contributed by atoms with Crippen molar-refractivity contribution in [3.63, 3.8) is 0 Å². The van der Waals surface area contributed by atoms with Gasteiger partial charge in [-0.2, -0.15) is 4.89 Å². The summed E-state index contributed by atoms with van der Waals surface area (Å²) in [6.07, 6.45) is 0. The third-order valence-electron chi connectivity index (χ3n) is 4.00. The van der Waals surface area contributed by atoms with E-state index in [0.29, 0.717) is 0 Å². The lowest BCUT2D eigenvalue weighted by Crippen LogP contribution is -2.35. The highest BCUT2D eigenvalue weighted by molar-refractivity contribution is 5.97. The van der Waals surface area contributed by atoms with Gasteiger partial charge in [-0.25, -0.2) is 4.79 Å². The molecule has 0 spiro atoms. The Kier molecular flexibility index (Phi) is 3.33. The van der Waals surface area contributed by atoms with Crippen LogP contribution in [0.3, 0.4) is 0 Å². The van der Waals surface area contributed by atoms with Crippen LogP contribution in [0.15, 0.2) is 48.5 Å². The van der Waals surface area contributed by atoms with Crippen LogP contribution in [0.4, 0.5) is 0 Å². The van der Waals surface area contributed by atoms with E-state index in [2.05, 4.69) is 0 Å². The van der Waals surface area contributed by atoms with Crippen molar-refractivity contribution in [3.05, 3.63) is 59.7 Å². The summed E-state index contributed by atoms with van der Waals surface area (Å²) in [6, 6.07) is 15.9. The van der Waals surface area contributed by atoms with Crippen molar-refractivity contribution in [3.8, 4) is 11.1 Å². The van der Waals surface area contributed by atoms with E-state index in [1.165, 1.54) is 0 Å². The molecule has 0 unspecified atom stereocenters. The van der Waals surface area contributed by atoms with Gasteiger partial charge in [-0.3, -0.25) is 4.89 Å². The first-order valence-electron chi connectivity index (χ1n) is 7.43. The molecule has 0 amide bonds. The van der Waals surface area contributed by atoms with E-state index >= 15 is 0 Å². The Morgan fingerprint density at radius 2 is 1.36 bits per heavy atom. The predicted octanol–water partition coefficient (Wildman–Crippen LogP) is 4.25. The fourth-order valence-electron chi connectivity index (χ4n) is 2.92. The van der Waals surface area contributed by atoms with Crippen molar-refractivity contribution in [1.29, 1.82) is 0 Å². The fourth-order valence-corrected chi connectivity index (χ4v) is 2.92. The highest BCUT2D eigenvalue weighted by Crippen LogP contribution is 2.49. The molecule has 0 saturated carbocycles. The lowest BCUT2D eigenvalue weighted by Gasteiger charge is -2.26. The van der Waals surface area contributed by atoms with E-state index in [0.717, 1.165) is 22.3 Å². The van der Waals surface area contributed by atoms with Gasteiger partial charge in [0.1, 0.15) is 11.0 Å². The monoisotopic (exact) mass is 296 g/mol. The normalized spacial score (nSPS) is 15.1. The number of benzene rings is 2. The number of hydrogen-bond donors (Lipinski definition) is 0. The Bertz CT molecular complexity index is 680. The SMILES string of the molecule is CC(C)(C)OOC(=O)C1(C)c2ccccc2-c2ccccc21. The summed E-state index contributed by atoms with van der Waals surface area (Å²) >= 11 is 0. The van der Waals surface area contributed by atoms with Crippen LogP contribution in [0.2, 0.25) is 0 Å². The van der Waals surface area contributed by atoms with Gasteiger partial charge in [-0.05, 0) is 49.9 Å². The molecule has 0 fully saturated rings. The van der Waals surface area contributed by atoms with E-state index in [4.69, 9.17) is 9.78 Å². The maximum Gasteiger partial charge on any atom is 0.356 e. The largest absolute Gasteiger partial charge is 0.356 e. The molecular weight excluding hydrogens is 276 g/mol. The van der Waals surface area contributed by atoms with Crippen LogP contribution in [-0.4, -0.2) is 11.6 Å². The summed E-state index contributed by atoms with van der Waals surface area (Å²) < 4.78 is 0. The maximum absolute atomic E-state index is 12.8. The lowest BCUT2D eigenvalue weighted by atomic mass is 9.80. The van der Waals surface area contributed by atoms with Gasteiger partial charge in [0.2, 0.25) is 0 Å². The molecule has 0 radical (unpaired) electrons. The Balaban J connectivity index is 2.07. The highest BCUT2D eigenvalue weighted by atomic mass is 17.2. The molecule has 114 valence electrons. The number of hydrogen-bond acceptors (Lipinski definition) is 3. The summed E-state index contributed by atoms with van der Waals surface area (Å²) in [5, 5.41) is 0. The summed E-state index contributed by atoms with van der Waals surface area (Å²) in [5.41, 5.74) is 2.68. The average molecular weight is 296 g/mol. The molecule has 0 aromatic heterocycles.